The Labute approximate surface area is 114 Å². The first kappa shape index (κ1) is 14.0. The van der Waals surface area contributed by atoms with Gasteiger partial charge in [0.1, 0.15) is 6.20 Å². The largest absolute Gasteiger partial charge is 0.392 e. The molecule has 1 aromatic heterocycles. The third-order valence-corrected chi connectivity index (χ3v) is 3.37. The Kier molecular flexibility index (Phi) is 3.97. The molecule has 0 spiro atoms. The molecule has 0 bridgehead atoms. The lowest BCUT2D eigenvalue weighted by atomic mass is 9.82. The minimum atomic E-state index is -0.782. The van der Waals surface area contributed by atoms with Gasteiger partial charge in [0.25, 0.3) is 5.69 Å². The van der Waals surface area contributed by atoms with Crippen molar-refractivity contribution in [3.05, 3.63) is 50.7 Å². The van der Waals surface area contributed by atoms with Gasteiger partial charge in [-0.3, -0.25) is 15.1 Å². The van der Waals surface area contributed by atoms with E-state index in [-0.39, 0.29) is 11.6 Å². The third kappa shape index (κ3) is 2.61. The SMILES string of the molecule is C[C@@H]1CC(c2ccncc2[N+](=O)[O-])=C[C@H](N=[N+]=[N-])[C@H]1O. The van der Waals surface area contributed by atoms with Crippen LogP contribution in [0.15, 0.2) is 29.7 Å². The van der Waals surface area contributed by atoms with Crippen LogP contribution in [-0.4, -0.2) is 27.2 Å². The van der Waals surface area contributed by atoms with E-state index >= 15 is 0 Å². The van der Waals surface area contributed by atoms with Crippen molar-refractivity contribution in [2.45, 2.75) is 25.5 Å². The summed E-state index contributed by atoms with van der Waals surface area (Å²) in [6.07, 6.45) is 3.95. The number of nitrogens with zero attached hydrogens (tertiary/aromatic N) is 5. The minimum Gasteiger partial charge on any atom is -0.392 e. The van der Waals surface area contributed by atoms with Gasteiger partial charge in [-0.1, -0.05) is 18.1 Å². The number of aliphatic hydroxyl groups excluding tert-OH is 1. The zero-order valence-electron chi connectivity index (χ0n) is 10.7. The van der Waals surface area contributed by atoms with Gasteiger partial charge < -0.3 is 5.11 Å². The quantitative estimate of drug-likeness (QED) is 0.299. The number of aromatic nitrogens is 1. The highest BCUT2D eigenvalue weighted by Gasteiger charge is 2.30. The predicted molar refractivity (Wildman–Crippen MR) is 71.6 cm³/mol. The molecule has 0 aromatic carbocycles. The summed E-state index contributed by atoms with van der Waals surface area (Å²) in [6.45, 7) is 1.81. The molecule has 1 aromatic rings. The Morgan fingerprint density at radius 1 is 1.65 bits per heavy atom. The molecule has 0 saturated heterocycles. The maximum Gasteiger partial charge on any atom is 0.294 e. The van der Waals surface area contributed by atoms with Crippen molar-refractivity contribution in [1.82, 2.24) is 4.98 Å². The van der Waals surface area contributed by atoms with E-state index in [1.165, 1.54) is 12.4 Å². The van der Waals surface area contributed by atoms with Gasteiger partial charge >= 0.3 is 0 Å². The van der Waals surface area contributed by atoms with Crippen LogP contribution in [0.2, 0.25) is 0 Å². The molecule has 8 nitrogen and oxygen atoms in total. The fraction of sp³-hybridized carbons (Fsp3) is 0.417. The fourth-order valence-corrected chi connectivity index (χ4v) is 2.34. The number of allylic oxidation sites excluding steroid dienone is 1. The van der Waals surface area contributed by atoms with Gasteiger partial charge in [-0.2, -0.15) is 0 Å². The Bertz CT molecular complexity index is 609. The van der Waals surface area contributed by atoms with E-state index in [4.69, 9.17) is 5.53 Å². The summed E-state index contributed by atoms with van der Waals surface area (Å²) < 4.78 is 0. The molecular formula is C12H13N5O3. The average Bonchev–Trinajstić information content (AvgIpc) is 2.43. The first-order chi connectivity index (χ1) is 9.54. The van der Waals surface area contributed by atoms with Crippen LogP contribution in [0.4, 0.5) is 5.69 Å². The van der Waals surface area contributed by atoms with Crippen molar-refractivity contribution in [3.63, 3.8) is 0 Å². The maximum atomic E-state index is 11.0. The first-order valence-electron chi connectivity index (χ1n) is 6.06. The normalized spacial score (nSPS) is 25.5. The summed E-state index contributed by atoms with van der Waals surface area (Å²) >= 11 is 0. The van der Waals surface area contributed by atoms with Crippen LogP contribution in [0.1, 0.15) is 18.9 Å². The highest BCUT2D eigenvalue weighted by molar-refractivity contribution is 5.73. The Balaban J connectivity index is 2.49. The molecule has 0 fully saturated rings. The lowest BCUT2D eigenvalue weighted by Gasteiger charge is -2.29. The molecule has 0 saturated carbocycles. The molecule has 0 amide bonds. The van der Waals surface area contributed by atoms with Crippen molar-refractivity contribution in [3.8, 4) is 0 Å². The number of hydrogen-bond acceptors (Lipinski definition) is 5. The van der Waals surface area contributed by atoms with Crippen LogP contribution in [-0.2, 0) is 0 Å². The summed E-state index contributed by atoms with van der Waals surface area (Å²) in [5, 5.41) is 24.5. The van der Waals surface area contributed by atoms with Crippen LogP contribution in [0.3, 0.4) is 0 Å². The Morgan fingerprint density at radius 3 is 3.05 bits per heavy atom. The molecule has 1 heterocycles. The molecule has 0 radical (unpaired) electrons. The maximum absolute atomic E-state index is 11.0. The second kappa shape index (κ2) is 5.68. The van der Waals surface area contributed by atoms with Crippen LogP contribution in [0.5, 0.6) is 0 Å². The van der Waals surface area contributed by atoms with Crippen molar-refractivity contribution >= 4 is 11.3 Å². The van der Waals surface area contributed by atoms with E-state index in [9.17, 15) is 15.2 Å². The van der Waals surface area contributed by atoms with E-state index in [1.54, 1.807) is 12.1 Å². The summed E-state index contributed by atoms with van der Waals surface area (Å²) in [5.74, 6) is -0.154. The van der Waals surface area contributed by atoms with E-state index < -0.39 is 17.1 Å². The predicted octanol–water partition coefficient (Wildman–Crippen LogP) is 2.45. The van der Waals surface area contributed by atoms with Gasteiger partial charge in [0.2, 0.25) is 0 Å². The van der Waals surface area contributed by atoms with Crippen molar-refractivity contribution < 1.29 is 10.0 Å². The van der Waals surface area contributed by atoms with Gasteiger partial charge in [-0.25, -0.2) is 0 Å². The molecule has 2 rings (SSSR count). The van der Waals surface area contributed by atoms with Crippen LogP contribution >= 0.6 is 0 Å². The van der Waals surface area contributed by atoms with Crippen molar-refractivity contribution in [2.75, 3.05) is 0 Å². The number of pyridine rings is 1. The van der Waals surface area contributed by atoms with E-state index in [0.717, 1.165) is 0 Å². The number of rotatable bonds is 3. The number of aliphatic hydroxyl groups is 1. The first-order valence-corrected chi connectivity index (χ1v) is 6.06. The van der Waals surface area contributed by atoms with Gasteiger partial charge in [0.05, 0.1) is 22.6 Å². The van der Waals surface area contributed by atoms with Gasteiger partial charge in [0.15, 0.2) is 0 Å². The Morgan fingerprint density at radius 2 is 2.40 bits per heavy atom. The molecule has 1 N–H and O–H groups in total. The molecular weight excluding hydrogens is 262 g/mol. The van der Waals surface area contributed by atoms with Gasteiger partial charge in [-0.05, 0) is 29.5 Å². The number of nitro groups is 1. The minimum absolute atomic E-state index is 0.0953. The average molecular weight is 275 g/mol. The smallest absolute Gasteiger partial charge is 0.294 e. The van der Waals surface area contributed by atoms with Gasteiger partial charge in [0, 0.05) is 11.1 Å². The Hall–Kier alpha value is -2.44. The summed E-state index contributed by atoms with van der Waals surface area (Å²) in [7, 11) is 0. The monoisotopic (exact) mass is 275 g/mol. The molecule has 104 valence electrons. The van der Waals surface area contributed by atoms with Crippen LogP contribution in [0.25, 0.3) is 16.0 Å². The lowest BCUT2D eigenvalue weighted by molar-refractivity contribution is -0.385. The topological polar surface area (TPSA) is 125 Å². The van der Waals surface area contributed by atoms with Crippen molar-refractivity contribution in [2.24, 2.45) is 11.0 Å². The second-order valence-electron chi connectivity index (χ2n) is 4.71. The molecule has 1 aliphatic carbocycles. The van der Waals surface area contributed by atoms with Crippen LogP contribution in [0, 0.1) is 16.0 Å². The molecule has 1 aliphatic rings. The molecule has 0 unspecified atom stereocenters. The van der Waals surface area contributed by atoms with Gasteiger partial charge in [-0.15, -0.1) is 0 Å². The standard InChI is InChI=1S/C12H13N5O3/c1-7-4-8(5-10(12(7)18)15-16-13)9-2-3-14-6-11(9)17(19)20/h2-3,5-7,10,12,18H,4H2,1H3/t7-,10+,12+/m1/s1. The summed E-state index contributed by atoms with van der Waals surface area (Å²) in [6, 6.07) is 0.841. The van der Waals surface area contributed by atoms with Crippen molar-refractivity contribution in [1.29, 1.82) is 0 Å². The zero-order valence-corrected chi connectivity index (χ0v) is 10.7. The van der Waals surface area contributed by atoms with E-state index in [0.29, 0.717) is 17.6 Å². The van der Waals surface area contributed by atoms with Crippen LogP contribution < -0.4 is 0 Å². The molecule has 8 heteroatoms. The fourth-order valence-electron chi connectivity index (χ4n) is 2.34. The zero-order chi connectivity index (χ0) is 14.7. The van der Waals surface area contributed by atoms with E-state index in [2.05, 4.69) is 15.0 Å². The summed E-state index contributed by atoms with van der Waals surface area (Å²) in [4.78, 5) is 17.0. The summed E-state index contributed by atoms with van der Waals surface area (Å²) in [5.41, 5.74) is 9.56. The van der Waals surface area contributed by atoms with E-state index in [1.807, 2.05) is 6.92 Å². The highest BCUT2D eigenvalue weighted by Crippen LogP contribution is 2.35. The highest BCUT2D eigenvalue weighted by atomic mass is 16.6. The number of azide groups is 1. The number of hydrogen-bond donors (Lipinski definition) is 1. The third-order valence-electron chi connectivity index (χ3n) is 3.37. The molecule has 0 aliphatic heterocycles. The lowest BCUT2D eigenvalue weighted by Crippen LogP contribution is -2.33. The molecule has 20 heavy (non-hydrogen) atoms. The second-order valence-corrected chi connectivity index (χ2v) is 4.71. The molecule has 3 atom stereocenters.